The van der Waals surface area contributed by atoms with Gasteiger partial charge in [-0.2, -0.15) is 0 Å². The van der Waals surface area contributed by atoms with E-state index in [0.29, 0.717) is 18.1 Å². The molecule has 0 amide bonds. The zero-order chi connectivity index (χ0) is 13.8. The minimum absolute atomic E-state index is 0.404. The summed E-state index contributed by atoms with van der Waals surface area (Å²) in [4.78, 5) is 2.56. The van der Waals surface area contributed by atoms with E-state index in [1.807, 2.05) is 12.1 Å². The quantitative estimate of drug-likeness (QED) is 0.881. The van der Waals surface area contributed by atoms with E-state index >= 15 is 0 Å². The van der Waals surface area contributed by atoms with Gasteiger partial charge >= 0.3 is 0 Å². The van der Waals surface area contributed by atoms with Crippen molar-refractivity contribution in [2.75, 3.05) is 13.1 Å². The largest absolute Gasteiger partial charge is 0.313 e. The minimum Gasteiger partial charge on any atom is -0.313 e. The molecule has 0 spiro atoms. The Morgan fingerprint density at radius 3 is 2.74 bits per heavy atom. The molecule has 2 unspecified atom stereocenters. The molecule has 2 nitrogen and oxygen atoms in total. The molecule has 1 aliphatic rings. The Bertz CT molecular complexity index is 399. The highest BCUT2D eigenvalue weighted by atomic mass is 35.5. The van der Waals surface area contributed by atoms with Gasteiger partial charge in [0.1, 0.15) is 0 Å². The molecular weight excluding hydrogens is 256 g/mol. The normalized spacial score (nSPS) is 21.3. The van der Waals surface area contributed by atoms with E-state index in [-0.39, 0.29) is 0 Å². The second kappa shape index (κ2) is 6.74. The predicted molar refractivity (Wildman–Crippen MR) is 82.7 cm³/mol. The van der Waals surface area contributed by atoms with Crippen molar-refractivity contribution in [3.8, 4) is 0 Å². The van der Waals surface area contributed by atoms with Crippen LogP contribution < -0.4 is 5.32 Å². The Morgan fingerprint density at radius 1 is 1.37 bits per heavy atom. The Kier molecular flexibility index (Phi) is 5.26. The molecule has 19 heavy (non-hydrogen) atoms. The maximum atomic E-state index is 6.11. The SMILES string of the molecule is CC(C)N(CC1CCCN1)C(C)c1cccc(Cl)c1. The number of hydrogen-bond donors (Lipinski definition) is 1. The minimum atomic E-state index is 0.404. The summed E-state index contributed by atoms with van der Waals surface area (Å²) in [5, 5.41) is 4.42. The Morgan fingerprint density at radius 2 is 2.16 bits per heavy atom. The zero-order valence-electron chi connectivity index (χ0n) is 12.2. The highest BCUT2D eigenvalue weighted by Crippen LogP contribution is 2.25. The van der Waals surface area contributed by atoms with Crippen molar-refractivity contribution in [1.29, 1.82) is 0 Å². The Balaban J connectivity index is 2.09. The molecule has 2 atom stereocenters. The molecule has 106 valence electrons. The van der Waals surface area contributed by atoms with E-state index in [0.717, 1.165) is 11.6 Å². The number of benzene rings is 1. The van der Waals surface area contributed by atoms with Gasteiger partial charge in [0.15, 0.2) is 0 Å². The van der Waals surface area contributed by atoms with Crippen molar-refractivity contribution >= 4 is 11.6 Å². The molecular formula is C16H25ClN2. The number of nitrogens with one attached hydrogen (secondary N) is 1. The summed E-state index contributed by atoms with van der Waals surface area (Å²) in [5.74, 6) is 0. The van der Waals surface area contributed by atoms with Gasteiger partial charge in [-0.25, -0.2) is 0 Å². The fraction of sp³-hybridized carbons (Fsp3) is 0.625. The van der Waals surface area contributed by atoms with Crippen molar-refractivity contribution in [2.45, 2.75) is 51.7 Å². The van der Waals surface area contributed by atoms with E-state index < -0.39 is 0 Å². The van der Waals surface area contributed by atoms with E-state index in [4.69, 9.17) is 11.6 Å². The Hall–Kier alpha value is -0.570. The lowest BCUT2D eigenvalue weighted by Gasteiger charge is -2.35. The van der Waals surface area contributed by atoms with Crippen molar-refractivity contribution in [2.24, 2.45) is 0 Å². The summed E-state index contributed by atoms with van der Waals surface area (Å²) in [7, 11) is 0. The molecule has 0 bridgehead atoms. The van der Waals surface area contributed by atoms with E-state index in [1.165, 1.54) is 24.9 Å². The monoisotopic (exact) mass is 280 g/mol. The van der Waals surface area contributed by atoms with Crippen LogP contribution >= 0.6 is 11.6 Å². The maximum Gasteiger partial charge on any atom is 0.0409 e. The molecule has 1 N–H and O–H groups in total. The van der Waals surface area contributed by atoms with E-state index in [2.05, 4.69) is 43.1 Å². The smallest absolute Gasteiger partial charge is 0.0409 e. The van der Waals surface area contributed by atoms with Crippen molar-refractivity contribution in [3.63, 3.8) is 0 Å². The fourth-order valence-corrected chi connectivity index (χ4v) is 3.14. The molecule has 0 aromatic heterocycles. The number of nitrogens with zero attached hydrogens (tertiary/aromatic N) is 1. The van der Waals surface area contributed by atoms with Gasteiger partial charge in [0, 0.05) is 29.7 Å². The first-order valence-electron chi connectivity index (χ1n) is 7.32. The fourth-order valence-electron chi connectivity index (χ4n) is 2.94. The molecule has 1 heterocycles. The van der Waals surface area contributed by atoms with Gasteiger partial charge in [-0.1, -0.05) is 23.7 Å². The van der Waals surface area contributed by atoms with Crippen LogP contribution in [0.2, 0.25) is 5.02 Å². The molecule has 1 fully saturated rings. The van der Waals surface area contributed by atoms with E-state index in [1.54, 1.807) is 0 Å². The summed E-state index contributed by atoms with van der Waals surface area (Å²) < 4.78 is 0. The van der Waals surface area contributed by atoms with Gasteiger partial charge in [0.05, 0.1) is 0 Å². The van der Waals surface area contributed by atoms with Crippen LogP contribution in [0.5, 0.6) is 0 Å². The van der Waals surface area contributed by atoms with Gasteiger partial charge in [0.25, 0.3) is 0 Å². The van der Waals surface area contributed by atoms with Crippen LogP contribution in [0.1, 0.15) is 45.2 Å². The average molecular weight is 281 g/mol. The summed E-state index contributed by atoms with van der Waals surface area (Å²) in [5.41, 5.74) is 1.30. The van der Waals surface area contributed by atoms with Crippen molar-refractivity contribution < 1.29 is 0 Å². The van der Waals surface area contributed by atoms with Crippen LogP contribution in [0.15, 0.2) is 24.3 Å². The maximum absolute atomic E-state index is 6.11. The van der Waals surface area contributed by atoms with Crippen LogP contribution in [0, 0.1) is 0 Å². The second-order valence-corrected chi connectivity index (χ2v) is 6.25. The lowest BCUT2D eigenvalue weighted by molar-refractivity contribution is 0.150. The lowest BCUT2D eigenvalue weighted by Crippen LogP contribution is -2.42. The third-order valence-electron chi connectivity index (χ3n) is 4.09. The first kappa shape index (κ1) is 14.8. The number of rotatable bonds is 5. The molecule has 1 saturated heterocycles. The molecule has 0 saturated carbocycles. The molecule has 1 aromatic carbocycles. The van der Waals surface area contributed by atoms with Gasteiger partial charge in [0.2, 0.25) is 0 Å². The molecule has 2 rings (SSSR count). The second-order valence-electron chi connectivity index (χ2n) is 5.81. The number of hydrogen-bond acceptors (Lipinski definition) is 2. The van der Waals surface area contributed by atoms with Crippen LogP contribution in [0.3, 0.4) is 0 Å². The first-order chi connectivity index (χ1) is 9.08. The van der Waals surface area contributed by atoms with Crippen molar-refractivity contribution in [1.82, 2.24) is 10.2 Å². The summed E-state index contributed by atoms with van der Waals surface area (Å²) >= 11 is 6.11. The molecule has 0 aliphatic carbocycles. The molecule has 3 heteroatoms. The van der Waals surface area contributed by atoms with Gasteiger partial charge < -0.3 is 5.32 Å². The summed E-state index contributed by atoms with van der Waals surface area (Å²) in [6.07, 6.45) is 2.60. The van der Waals surface area contributed by atoms with Crippen LogP contribution in [-0.4, -0.2) is 30.1 Å². The topological polar surface area (TPSA) is 15.3 Å². The lowest BCUT2D eigenvalue weighted by atomic mass is 10.0. The van der Waals surface area contributed by atoms with Gasteiger partial charge in [-0.3, -0.25) is 4.90 Å². The molecule has 1 aromatic rings. The third-order valence-corrected chi connectivity index (χ3v) is 4.32. The zero-order valence-corrected chi connectivity index (χ0v) is 13.0. The van der Waals surface area contributed by atoms with Crippen LogP contribution in [-0.2, 0) is 0 Å². The van der Waals surface area contributed by atoms with E-state index in [9.17, 15) is 0 Å². The first-order valence-corrected chi connectivity index (χ1v) is 7.70. The predicted octanol–water partition coefficient (Wildman–Crippen LogP) is 3.86. The summed E-state index contributed by atoms with van der Waals surface area (Å²) in [6.45, 7) is 9.11. The highest BCUT2D eigenvalue weighted by Gasteiger charge is 2.24. The van der Waals surface area contributed by atoms with Gasteiger partial charge in [-0.05, 0) is 57.9 Å². The number of halogens is 1. The standard InChI is InChI=1S/C16H25ClN2/c1-12(2)19(11-16-8-5-9-18-16)13(3)14-6-4-7-15(17)10-14/h4,6-7,10,12-13,16,18H,5,8-9,11H2,1-3H3. The Labute approximate surface area is 122 Å². The third kappa shape index (κ3) is 3.95. The molecule has 0 radical (unpaired) electrons. The van der Waals surface area contributed by atoms with Crippen LogP contribution in [0.25, 0.3) is 0 Å². The summed E-state index contributed by atoms with van der Waals surface area (Å²) in [6, 6.07) is 9.83. The highest BCUT2D eigenvalue weighted by molar-refractivity contribution is 6.30. The van der Waals surface area contributed by atoms with Crippen LogP contribution in [0.4, 0.5) is 0 Å². The van der Waals surface area contributed by atoms with Gasteiger partial charge in [-0.15, -0.1) is 0 Å². The van der Waals surface area contributed by atoms with Crippen molar-refractivity contribution in [3.05, 3.63) is 34.9 Å². The molecule has 1 aliphatic heterocycles. The average Bonchev–Trinajstić information content (AvgIpc) is 2.87.